The van der Waals surface area contributed by atoms with Crippen LogP contribution in [-0.4, -0.2) is 42.5 Å². The molecule has 1 atom stereocenters. The topological polar surface area (TPSA) is 49.4 Å². The fourth-order valence-corrected chi connectivity index (χ4v) is 2.57. The monoisotopic (exact) mass is 348 g/mol. The number of nitrogens with one attached hydrogen (secondary N) is 1. The van der Waals surface area contributed by atoms with Crippen LogP contribution in [0.3, 0.4) is 0 Å². The second kappa shape index (κ2) is 7.21. The molecule has 0 aliphatic carbocycles. The largest absolute Gasteiger partial charge is 0.406 e. The molecule has 1 N–H and O–H groups in total. The third kappa shape index (κ3) is 5.42. The lowest BCUT2D eigenvalue weighted by molar-refractivity contribution is -0.157. The van der Waals surface area contributed by atoms with Crippen LogP contribution in [0.2, 0.25) is 5.02 Å². The van der Waals surface area contributed by atoms with Crippen LogP contribution in [0, 0.1) is 5.92 Å². The minimum atomic E-state index is -4.45. The normalized spacial score (nSPS) is 18.3. The maximum atomic E-state index is 12.3. The number of hydrogen-bond acceptors (Lipinski definition) is 2. The zero-order chi connectivity index (χ0) is 17.0. The summed E-state index contributed by atoms with van der Waals surface area (Å²) in [7, 11) is 0. The molecule has 0 aromatic heterocycles. The van der Waals surface area contributed by atoms with E-state index in [9.17, 15) is 22.8 Å². The third-order valence-electron chi connectivity index (χ3n) is 3.58. The molecule has 0 bridgehead atoms. The van der Waals surface area contributed by atoms with Crippen LogP contribution in [0.15, 0.2) is 24.3 Å². The molecule has 1 aromatic carbocycles. The standard InChI is InChI=1S/C15H16ClF3N2O2/c16-12-3-1-10(2-4-12)5-6-20-14(23)11-7-13(22)21(8-11)9-15(17,18)19/h1-4,11H,5-9H2,(H,20,23). The van der Waals surface area contributed by atoms with Gasteiger partial charge in [0.05, 0.1) is 5.92 Å². The molecule has 2 amide bonds. The molecule has 1 aliphatic heterocycles. The maximum absolute atomic E-state index is 12.3. The van der Waals surface area contributed by atoms with E-state index < -0.39 is 30.5 Å². The first-order valence-corrected chi connectivity index (χ1v) is 7.49. The van der Waals surface area contributed by atoms with Crippen molar-refractivity contribution in [1.29, 1.82) is 0 Å². The second-order valence-electron chi connectivity index (χ2n) is 5.46. The van der Waals surface area contributed by atoms with Gasteiger partial charge in [0.25, 0.3) is 0 Å². The summed E-state index contributed by atoms with van der Waals surface area (Å²) in [6, 6.07) is 7.14. The number of likely N-dealkylation sites (tertiary alicyclic amines) is 1. The fourth-order valence-electron chi connectivity index (χ4n) is 2.44. The van der Waals surface area contributed by atoms with Crippen LogP contribution in [-0.2, 0) is 16.0 Å². The van der Waals surface area contributed by atoms with Gasteiger partial charge in [-0.3, -0.25) is 9.59 Å². The molecule has 23 heavy (non-hydrogen) atoms. The van der Waals surface area contributed by atoms with Gasteiger partial charge >= 0.3 is 6.18 Å². The average Bonchev–Trinajstić information content (AvgIpc) is 2.80. The number of hydrogen-bond donors (Lipinski definition) is 1. The number of alkyl halides is 3. The van der Waals surface area contributed by atoms with Crippen LogP contribution in [0.25, 0.3) is 0 Å². The van der Waals surface area contributed by atoms with Crippen molar-refractivity contribution in [1.82, 2.24) is 10.2 Å². The fraction of sp³-hybridized carbons (Fsp3) is 0.467. The van der Waals surface area contributed by atoms with Gasteiger partial charge in [-0.25, -0.2) is 0 Å². The first-order chi connectivity index (χ1) is 10.7. The van der Waals surface area contributed by atoms with Crippen LogP contribution in [0.4, 0.5) is 13.2 Å². The molecule has 1 saturated heterocycles. The van der Waals surface area contributed by atoms with E-state index in [0.717, 1.165) is 5.56 Å². The van der Waals surface area contributed by atoms with Gasteiger partial charge in [-0.15, -0.1) is 0 Å². The molecule has 126 valence electrons. The average molecular weight is 349 g/mol. The number of benzene rings is 1. The molecular formula is C15H16ClF3N2O2. The Hall–Kier alpha value is -1.76. The Morgan fingerprint density at radius 1 is 1.30 bits per heavy atom. The molecule has 8 heteroatoms. The first kappa shape index (κ1) is 17.6. The molecular weight excluding hydrogens is 333 g/mol. The maximum Gasteiger partial charge on any atom is 0.406 e. The summed E-state index contributed by atoms with van der Waals surface area (Å²) in [5.74, 6) is -1.76. The van der Waals surface area contributed by atoms with E-state index in [0.29, 0.717) is 22.9 Å². The van der Waals surface area contributed by atoms with Crippen molar-refractivity contribution < 1.29 is 22.8 Å². The lowest BCUT2D eigenvalue weighted by Crippen LogP contribution is -2.37. The Balaban J connectivity index is 1.78. The predicted molar refractivity (Wildman–Crippen MR) is 78.9 cm³/mol. The van der Waals surface area contributed by atoms with Crippen molar-refractivity contribution >= 4 is 23.4 Å². The van der Waals surface area contributed by atoms with Gasteiger partial charge in [-0.2, -0.15) is 13.2 Å². The Labute approximate surface area is 136 Å². The van der Waals surface area contributed by atoms with Crippen LogP contribution in [0.5, 0.6) is 0 Å². The van der Waals surface area contributed by atoms with E-state index in [-0.39, 0.29) is 13.0 Å². The van der Waals surface area contributed by atoms with E-state index in [2.05, 4.69) is 5.32 Å². The van der Waals surface area contributed by atoms with Gasteiger partial charge in [0.2, 0.25) is 11.8 Å². The van der Waals surface area contributed by atoms with Crippen LogP contribution >= 0.6 is 11.6 Å². The van der Waals surface area contributed by atoms with Gasteiger partial charge in [0, 0.05) is 24.5 Å². The summed E-state index contributed by atoms with van der Waals surface area (Å²) in [5.41, 5.74) is 0.982. The Morgan fingerprint density at radius 2 is 1.96 bits per heavy atom. The minimum absolute atomic E-state index is 0.178. The Bertz CT molecular complexity index is 575. The number of nitrogens with zero attached hydrogens (tertiary/aromatic N) is 1. The number of halogens is 4. The van der Waals surface area contributed by atoms with Crippen LogP contribution < -0.4 is 5.32 Å². The molecule has 1 heterocycles. The van der Waals surface area contributed by atoms with E-state index >= 15 is 0 Å². The highest BCUT2D eigenvalue weighted by atomic mass is 35.5. The number of rotatable bonds is 5. The first-order valence-electron chi connectivity index (χ1n) is 7.11. The highest BCUT2D eigenvalue weighted by Crippen LogP contribution is 2.23. The Morgan fingerprint density at radius 3 is 2.57 bits per heavy atom. The summed E-state index contributed by atoms with van der Waals surface area (Å²) in [5, 5.41) is 3.28. The van der Waals surface area contributed by atoms with Gasteiger partial charge in [0.15, 0.2) is 0 Å². The van der Waals surface area contributed by atoms with E-state index in [1.807, 2.05) is 12.1 Å². The molecule has 0 saturated carbocycles. The molecule has 2 rings (SSSR count). The number of carbonyl (C=O) groups excluding carboxylic acids is 2. The third-order valence-corrected chi connectivity index (χ3v) is 3.83. The minimum Gasteiger partial charge on any atom is -0.355 e. The zero-order valence-electron chi connectivity index (χ0n) is 12.2. The quantitative estimate of drug-likeness (QED) is 0.888. The highest BCUT2D eigenvalue weighted by Gasteiger charge is 2.40. The summed E-state index contributed by atoms with van der Waals surface area (Å²) in [6.07, 6.45) is -4.05. The molecule has 0 radical (unpaired) electrons. The lowest BCUT2D eigenvalue weighted by Gasteiger charge is -2.18. The van der Waals surface area contributed by atoms with Crippen LogP contribution in [0.1, 0.15) is 12.0 Å². The van der Waals surface area contributed by atoms with E-state index in [4.69, 9.17) is 11.6 Å². The molecule has 0 spiro atoms. The molecule has 1 aliphatic rings. The van der Waals surface area contributed by atoms with Crippen molar-refractivity contribution in [3.05, 3.63) is 34.9 Å². The molecule has 1 fully saturated rings. The number of amides is 2. The van der Waals surface area contributed by atoms with Gasteiger partial charge in [-0.1, -0.05) is 23.7 Å². The molecule has 1 aromatic rings. The summed E-state index contributed by atoms with van der Waals surface area (Å²) >= 11 is 5.77. The SMILES string of the molecule is O=C(NCCc1ccc(Cl)cc1)C1CC(=O)N(CC(F)(F)F)C1. The summed E-state index contributed by atoms with van der Waals surface area (Å²) in [4.78, 5) is 24.2. The summed E-state index contributed by atoms with van der Waals surface area (Å²) < 4.78 is 37.0. The van der Waals surface area contributed by atoms with Crippen molar-refractivity contribution in [3.63, 3.8) is 0 Å². The van der Waals surface area contributed by atoms with E-state index in [1.165, 1.54) is 0 Å². The lowest BCUT2D eigenvalue weighted by atomic mass is 10.1. The number of carbonyl (C=O) groups is 2. The second-order valence-corrected chi connectivity index (χ2v) is 5.89. The zero-order valence-corrected chi connectivity index (χ0v) is 13.0. The van der Waals surface area contributed by atoms with Gasteiger partial charge < -0.3 is 10.2 Å². The van der Waals surface area contributed by atoms with Crippen molar-refractivity contribution in [2.75, 3.05) is 19.6 Å². The molecule has 1 unspecified atom stereocenters. The van der Waals surface area contributed by atoms with Crippen molar-refractivity contribution in [2.24, 2.45) is 5.92 Å². The van der Waals surface area contributed by atoms with E-state index in [1.54, 1.807) is 12.1 Å². The molecule has 4 nitrogen and oxygen atoms in total. The predicted octanol–water partition coefficient (Wildman–Crippen LogP) is 2.41. The Kier molecular flexibility index (Phi) is 5.51. The highest BCUT2D eigenvalue weighted by molar-refractivity contribution is 6.30. The van der Waals surface area contributed by atoms with Crippen molar-refractivity contribution in [2.45, 2.75) is 19.0 Å². The summed E-state index contributed by atoms with van der Waals surface area (Å²) in [6.45, 7) is -1.14. The van der Waals surface area contributed by atoms with Crippen molar-refractivity contribution in [3.8, 4) is 0 Å². The van der Waals surface area contributed by atoms with Gasteiger partial charge in [-0.05, 0) is 24.1 Å². The van der Waals surface area contributed by atoms with Gasteiger partial charge in [0.1, 0.15) is 6.54 Å². The smallest absolute Gasteiger partial charge is 0.355 e.